The molecule has 0 unspecified atom stereocenters. The quantitative estimate of drug-likeness (QED) is 0.768. The molecular weight excluding hydrogens is 342 g/mol. The summed E-state index contributed by atoms with van der Waals surface area (Å²) in [6.45, 7) is 7.70. The third-order valence-corrected chi connectivity index (χ3v) is 3.81. The molecule has 3 rings (SSSR count). The molecule has 3 aromatic heterocycles. The van der Waals surface area contributed by atoms with Crippen molar-refractivity contribution in [2.75, 3.05) is 7.11 Å². The van der Waals surface area contributed by atoms with Crippen LogP contribution in [-0.4, -0.2) is 38.3 Å². The fraction of sp³-hybridized carbons (Fsp3) is 0.300. The zero-order valence-electron chi connectivity index (χ0n) is 16.1. The lowest BCUT2D eigenvalue weighted by atomic mass is 10.1. The van der Waals surface area contributed by atoms with E-state index in [1.54, 1.807) is 30.3 Å². The monoisotopic (exact) mass is 365 g/mol. The van der Waals surface area contributed by atoms with Crippen LogP contribution in [0, 0.1) is 6.92 Å². The highest BCUT2D eigenvalue weighted by atomic mass is 16.5. The minimum absolute atomic E-state index is 0.240. The van der Waals surface area contributed by atoms with Gasteiger partial charge in [-0.25, -0.2) is 4.68 Å². The third kappa shape index (κ3) is 4.31. The number of hydrogen-bond acceptors (Lipinski definition) is 5. The van der Waals surface area contributed by atoms with Crippen molar-refractivity contribution in [1.82, 2.24) is 25.1 Å². The van der Waals surface area contributed by atoms with Gasteiger partial charge in [0.05, 0.1) is 36.6 Å². The van der Waals surface area contributed by atoms with Gasteiger partial charge in [-0.3, -0.25) is 14.8 Å². The van der Waals surface area contributed by atoms with Gasteiger partial charge in [-0.05, 0) is 58.0 Å². The molecule has 0 radical (unpaired) electrons. The molecule has 0 aliphatic heterocycles. The van der Waals surface area contributed by atoms with Crippen LogP contribution in [-0.2, 0) is 0 Å². The Bertz CT molecular complexity index is 938. The van der Waals surface area contributed by atoms with Gasteiger partial charge in [-0.15, -0.1) is 0 Å². The topological polar surface area (TPSA) is 81.9 Å². The van der Waals surface area contributed by atoms with Crippen molar-refractivity contribution in [3.63, 3.8) is 0 Å². The lowest BCUT2D eigenvalue weighted by Gasteiger charge is -2.19. The highest BCUT2D eigenvalue weighted by Crippen LogP contribution is 2.24. The molecule has 140 valence electrons. The van der Waals surface area contributed by atoms with Crippen LogP contribution in [0.25, 0.3) is 17.1 Å². The lowest BCUT2D eigenvalue weighted by molar-refractivity contribution is 0.0914. The summed E-state index contributed by atoms with van der Waals surface area (Å²) in [5.41, 5.74) is 2.99. The van der Waals surface area contributed by atoms with E-state index >= 15 is 0 Å². The maximum Gasteiger partial charge on any atom is 0.272 e. The Morgan fingerprint density at radius 3 is 2.44 bits per heavy atom. The number of rotatable bonds is 4. The Morgan fingerprint density at radius 1 is 1.11 bits per heavy atom. The number of carbonyl (C=O) groups excluding carboxylic acids is 1. The van der Waals surface area contributed by atoms with E-state index in [9.17, 15) is 4.79 Å². The first-order valence-electron chi connectivity index (χ1n) is 8.63. The second-order valence-corrected chi connectivity index (χ2v) is 7.27. The summed E-state index contributed by atoms with van der Waals surface area (Å²) < 4.78 is 6.85. The standard InChI is InChI=1S/C20H23N5O2/c1-13-6-7-14(11-21-13)25-18(16-9-8-15(27-5)12-22-16)10-17(24-25)19(26)23-20(2,3)4/h6-12H,1-5H3,(H,23,26). The normalized spacial score (nSPS) is 11.3. The van der Waals surface area contributed by atoms with E-state index in [4.69, 9.17) is 4.74 Å². The van der Waals surface area contributed by atoms with Crippen molar-refractivity contribution in [3.8, 4) is 22.8 Å². The third-order valence-electron chi connectivity index (χ3n) is 3.81. The first-order chi connectivity index (χ1) is 12.8. The predicted molar refractivity (Wildman–Crippen MR) is 103 cm³/mol. The number of aryl methyl sites for hydroxylation is 1. The predicted octanol–water partition coefficient (Wildman–Crippen LogP) is 3.17. The second-order valence-electron chi connectivity index (χ2n) is 7.27. The summed E-state index contributed by atoms with van der Waals surface area (Å²) in [6, 6.07) is 9.20. The molecule has 0 saturated heterocycles. The fourth-order valence-electron chi connectivity index (χ4n) is 2.51. The summed E-state index contributed by atoms with van der Waals surface area (Å²) in [7, 11) is 1.59. The number of pyridine rings is 2. The number of methoxy groups -OCH3 is 1. The molecule has 0 bridgehead atoms. The van der Waals surface area contributed by atoms with Crippen molar-refractivity contribution >= 4 is 5.91 Å². The van der Waals surface area contributed by atoms with E-state index in [0.717, 1.165) is 11.4 Å². The number of carbonyl (C=O) groups is 1. The number of amides is 1. The van der Waals surface area contributed by atoms with Gasteiger partial charge < -0.3 is 10.1 Å². The Morgan fingerprint density at radius 2 is 1.89 bits per heavy atom. The van der Waals surface area contributed by atoms with Crippen LogP contribution >= 0.6 is 0 Å². The number of hydrogen-bond donors (Lipinski definition) is 1. The molecule has 7 nitrogen and oxygen atoms in total. The van der Waals surface area contributed by atoms with E-state index in [1.807, 2.05) is 52.0 Å². The number of aromatic nitrogens is 4. The van der Waals surface area contributed by atoms with Gasteiger partial charge in [0.15, 0.2) is 5.69 Å². The van der Waals surface area contributed by atoms with Crippen LogP contribution in [0.4, 0.5) is 0 Å². The molecule has 3 heterocycles. The molecule has 0 aliphatic rings. The molecule has 0 aromatic carbocycles. The molecule has 0 atom stereocenters. The Hall–Kier alpha value is -3.22. The van der Waals surface area contributed by atoms with Crippen LogP contribution in [0.2, 0.25) is 0 Å². The number of nitrogens with zero attached hydrogens (tertiary/aromatic N) is 4. The van der Waals surface area contributed by atoms with Gasteiger partial charge in [0.1, 0.15) is 5.75 Å². The van der Waals surface area contributed by atoms with Crippen molar-refractivity contribution in [2.45, 2.75) is 33.2 Å². The summed E-state index contributed by atoms with van der Waals surface area (Å²) >= 11 is 0. The highest BCUT2D eigenvalue weighted by molar-refractivity contribution is 5.94. The highest BCUT2D eigenvalue weighted by Gasteiger charge is 2.21. The molecule has 0 fully saturated rings. The van der Waals surface area contributed by atoms with Crippen molar-refractivity contribution in [2.24, 2.45) is 0 Å². The zero-order chi connectivity index (χ0) is 19.6. The largest absolute Gasteiger partial charge is 0.495 e. The summed E-state index contributed by atoms with van der Waals surface area (Å²) in [5.74, 6) is 0.420. The summed E-state index contributed by atoms with van der Waals surface area (Å²) in [6.07, 6.45) is 3.36. The van der Waals surface area contributed by atoms with Crippen LogP contribution < -0.4 is 10.1 Å². The van der Waals surface area contributed by atoms with Crippen molar-refractivity contribution in [1.29, 1.82) is 0 Å². The van der Waals surface area contributed by atoms with Crippen LogP contribution in [0.15, 0.2) is 42.7 Å². The smallest absolute Gasteiger partial charge is 0.272 e. The van der Waals surface area contributed by atoms with E-state index in [-0.39, 0.29) is 11.4 Å². The summed E-state index contributed by atoms with van der Waals surface area (Å²) in [4.78, 5) is 21.4. The van der Waals surface area contributed by atoms with E-state index in [1.165, 1.54) is 0 Å². The number of ether oxygens (including phenoxy) is 1. The maximum atomic E-state index is 12.6. The van der Waals surface area contributed by atoms with Crippen LogP contribution in [0.5, 0.6) is 5.75 Å². The van der Waals surface area contributed by atoms with Gasteiger partial charge in [0.25, 0.3) is 5.91 Å². The average Bonchev–Trinajstić information content (AvgIpc) is 3.06. The van der Waals surface area contributed by atoms with E-state index in [0.29, 0.717) is 22.8 Å². The molecule has 7 heteroatoms. The molecule has 1 N–H and O–H groups in total. The molecule has 3 aromatic rings. The van der Waals surface area contributed by atoms with Crippen molar-refractivity contribution < 1.29 is 9.53 Å². The molecule has 0 saturated carbocycles. The molecule has 0 aliphatic carbocycles. The van der Waals surface area contributed by atoms with Crippen LogP contribution in [0.1, 0.15) is 37.0 Å². The number of nitrogens with one attached hydrogen (secondary N) is 1. The van der Waals surface area contributed by atoms with Crippen molar-refractivity contribution in [3.05, 3.63) is 54.1 Å². The average molecular weight is 365 g/mol. The SMILES string of the molecule is COc1ccc(-c2cc(C(=O)NC(C)(C)C)nn2-c2ccc(C)nc2)nc1. The van der Waals surface area contributed by atoms with Gasteiger partial charge in [0.2, 0.25) is 0 Å². The van der Waals surface area contributed by atoms with Gasteiger partial charge in [-0.1, -0.05) is 0 Å². The Labute approximate surface area is 158 Å². The first-order valence-corrected chi connectivity index (χ1v) is 8.63. The second kappa shape index (κ2) is 7.19. The summed E-state index contributed by atoms with van der Waals surface area (Å²) in [5, 5.41) is 7.44. The zero-order valence-corrected chi connectivity index (χ0v) is 16.1. The van der Waals surface area contributed by atoms with Gasteiger partial charge in [-0.2, -0.15) is 5.10 Å². The fourth-order valence-corrected chi connectivity index (χ4v) is 2.51. The van der Waals surface area contributed by atoms with Gasteiger partial charge in [0, 0.05) is 11.2 Å². The minimum Gasteiger partial charge on any atom is -0.495 e. The Balaban J connectivity index is 2.08. The molecular formula is C20H23N5O2. The molecule has 0 spiro atoms. The maximum absolute atomic E-state index is 12.6. The molecule has 27 heavy (non-hydrogen) atoms. The van der Waals surface area contributed by atoms with E-state index < -0.39 is 0 Å². The van der Waals surface area contributed by atoms with E-state index in [2.05, 4.69) is 20.4 Å². The Kier molecular flexibility index (Phi) is 4.94. The minimum atomic E-state index is -0.356. The van der Waals surface area contributed by atoms with Crippen LogP contribution in [0.3, 0.4) is 0 Å². The molecule has 1 amide bonds. The first kappa shape index (κ1) is 18.6. The van der Waals surface area contributed by atoms with Gasteiger partial charge >= 0.3 is 0 Å². The lowest BCUT2D eigenvalue weighted by Crippen LogP contribution is -2.40.